The van der Waals surface area contributed by atoms with Gasteiger partial charge in [0.15, 0.2) is 11.5 Å². The molecule has 1 amide bonds. The van der Waals surface area contributed by atoms with Gasteiger partial charge in [-0.05, 0) is 39.3 Å². The van der Waals surface area contributed by atoms with Crippen LogP contribution in [0.4, 0.5) is 0 Å². The number of nitrogens with zero attached hydrogens (tertiary/aromatic N) is 2. The number of carbonyl (C=O) groups is 1. The normalized spacial score (nSPS) is 12.3. The molecule has 0 fully saturated rings. The lowest BCUT2D eigenvalue weighted by Crippen LogP contribution is -2.28. The molecule has 0 saturated carbocycles. The minimum absolute atomic E-state index is 0.110. The molecule has 3 aromatic heterocycles. The molecule has 0 aromatic carbocycles. The van der Waals surface area contributed by atoms with Gasteiger partial charge in [-0.25, -0.2) is 4.98 Å². The molecule has 7 heteroatoms. The van der Waals surface area contributed by atoms with Gasteiger partial charge in [0, 0.05) is 10.9 Å². The molecule has 2 N–H and O–H groups in total. The van der Waals surface area contributed by atoms with Gasteiger partial charge in [0.1, 0.15) is 16.5 Å². The van der Waals surface area contributed by atoms with E-state index >= 15 is 0 Å². The summed E-state index contributed by atoms with van der Waals surface area (Å²) in [5.41, 5.74) is 2.03. The molecule has 3 heterocycles. The number of rotatable bonds is 5. The average Bonchev–Trinajstić information content (AvgIpc) is 3.26. The predicted molar refractivity (Wildman–Crippen MR) is 93.1 cm³/mol. The van der Waals surface area contributed by atoms with Crippen molar-refractivity contribution in [3.63, 3.8) is 0 Å². The van der Waals surface area contributed by atoms with Crippen LogP contribution < -0.4 is 5.32 Å². The molecule has 3 rings (SSSR count). The number of hydrogen-bond donors (Lipinski definition) is 2. The molecule has 1 atom stereocenters. The van der Waals surface area contributed by atoms with Gasteiger partial charge < -0.3 is 9.73 Å². The van der Waals surface area contributed by atoms with Crippen LogP contribution in [0.3, 0.4) is 0 Å². The van der Waals surface area contributed by atoms with Crippen LogP contribution in [0, 0.1) is 20.8 Å². The number of H-pyrrole nitrogens is 1. The lowest BCUT2D eigenvalue weighted by atomic mass is 10.2. The van der Waals surface area contributed by atoms with Crippen LogP contribution in [0.25, 0.3) is 11.5 Å². The summed E-state index contributed by atoms with van der Waals surface area (Å²) < 4.78 is 5.54. The number of hydrogen-bond acceptors (Lipinski definition) is 5. The van der Waals surface area contributed by atoms with Gasteiger partial charge in [-0.3, -0.25) is 9.89 Å². The van der Waals surface area contributed by atoms with Crippen LogP contribution in [0.5, 0.6) is 0 Å². The third kappa shape index (κ3) is 3.26. The summed E-state index contributed by atoms with van der Waals surface area (Å²) >= 11 is 1.62. The van der Waals surface area contributed by atoms with Crippen molar-refractivity contribution in [1.82, 2.24) is 20.5 Å². The fourth-order valence-electron chi connectivity index (χ4n) is 2.36. The second-order valence-electron chi connectivity index (χ2n) is 5.71. The van der Waals surface area contributed by atoms with Gasteiger partial charge in [-0.2, -0.15) is 5.10 Å². The van der Waals surface area contributed by atoms with E-state index in [9.17, 15) is 4.79 Å². The van der Waals surface area contributed by atoms with Crippen molar-refractivity contribution < 1.29 is 9.21 Å². The van der Waals surface area contributed by atoms with Gasteiger partial charge in [0.25, 0.3) is 5.91 Å². The maximum Gasteiger partial charge on any atom is 0.272 e. The molecular weight excluding hydrogens is 324 g/mol. The van der Waals surface area contributed by atoms with Crippen molar-refractivity contribution in [1.29, 1.82) is 0 Å². The Balaban J connectivity index is 1.75. The van der Waals surface area contributed by atoms with Crippen LogP contribution in [-0.4, -0.2) is 21.1 Å². The Morgan fingerprint density at radius 1 is 1.38 bits per heavy atom. The van der Waals surface area contributed by atoms with Gasteiger partial charge in [0.2, 0.25) is 0 Å². The number of aromatic amines is 1. The van der Waals surface area contributed by atoms with Gasteiger partial charge in [0.05, 0.1) is 11.7 Å². The Bertz CT molecular complexity index is 842. The summed E-state index contributed by atoms with van der Waals surface area (Å²) in [7, 11) is 0. The van der Waals surface area contributed by atoms with Crippen LogP contribution >= 0.6 is 11.3 Å². The monoisotopic (exact) mass is 344 g/mol. The molecular formula is C17H20N4O2S. The highest BCUT2D eigenvalue weighted by Crippen LogP contribution is 2.25. The zero-order valence-corrected chi connectivity index (χ0v) is 15.0. The highest BCUT2D eigenvalue weighted by molar-refractivity contribution is 7.11. The molecule has 24 heavy (non-hydrogen) atoms. The van der Waals surface area contributed by atoms with Crippen molar-refractivity contribution >= 4 is 17.2 Å². The summed E-state index contributed by atoms with van der Waals surface area (Å²) in [5, 5.41) is 10.9. The van der Waals surface area contributed by atoms with E-state index in [-0.39, 0.29) is 11.9 Å². The van der Waals surface area contributed by atoms with Crippen molar-refractivity contribution in [2.75, 3.05) is 0 Å². The van der Waals surface area contributed by atoms with Gasteiger partial charge in [-0.15, -0.1) is 11.3 Å². The number of aryl methyl sites for hydroxylation is 3. The number of thiazole rings is 1. The summed E-state index contributed by atoms with van der Waals surface area (Å²) in [6.07, 6.45) is 0.771. The first-order valence-electron chi connectivity index (χ1n) is 7.85. The highest BCUT2D eigenvalue weighted by atomic mass is 32.1. The Hall–Kier alpha value is -2.41. The number of nitrogens with one attached hydrogen (secondary N) is 2. The standard InChI is InChI=1S/C17H20N4O2S/c1-5-12(17-18-10(3)11(4)24-17)19-16(22)14-8-13(20-21-14)15-7-6-9(2)23-15/h6-8,12H,5H2,1-4H3,(H,19,22)(H,20,21)/t12-/m0/s1. The molecule has 0 radical (unpaired) electrons. The topological polar surface area (TPSA) is 83.8 Å². The van der Waals surface area contributed by atoms with Crippen LogP contribution in [0.1, 0.15) is 51.2 Å². The highest BCUT2D eigenvalue weighted by Gasteiger charge is 2.20. The van der Waals surface area contributed by atoms with Crippen molar-refractivity contribution in [2.24, 2.45) is 0 Å². The van der Waals surface area contributed by atoms with E-state index in [4.69, 9.17) is 4.42 Å². The van der Waals surface area contributed by atoms with Crippen LogP contribution in [0.2, 0.25) is 0 Å². The number of furan rings is 1. The van der Waals surface area contributed by atoms with Crippen molar-refractivity contribution in [3.05, 3.63) is 45.2 Å². The Morgan fingerprint density at radius 3 is 2.75 bits per heavy atom. The van der Waals surface area contributed by atoms with E-state index in [0.717, 1.165) is 22.9 Å². The zero-order chi connectivity index (χ0) is 17.3. The van der Waals surface area contributed by atoms with Crippen molar-refractivity contribution in [2.45, 2.75) is 40.2 Å². The third-order valence-electron chi connectivity index (χ3n) is 3.87. The molecule has 0 aliphatic carbocycles. The minimum Gasteiger partial charge on any atom is -0.460 e. The van der Waals surface area contributed by atoms with E-state index < -0.39 is 0 Å². The van der Waals surface area contributed by atoms with E-state index in [1.165, 1.54) is 4.88 Å². The average molecular weight is 344 g/mol. The maximum absolute atomic E-state index is 12.5. The van der Waals surface area contributed by atoms with Crippen molar-refractivity contribution in [3.8, 4) is 11.5 Å². The zero-order valence-electron chi connectivity index (χ0n) is 14.1. The maximum atomic E-state index is 12.5. The molecule has 0 bridgehead atoms. The largest absolute Gasteiger partial charge is 0.460 e. The Kier molecular flexibility index (Phi) is 4.53. The van der Waals surface area contributed by atoms with Crippen LogP contribution in [-0.2, 0) is 0 Å². The molecule has 0 saturated heterocycles. The van der Waals surface area contributed by atoms with Gasteiger partial charge >= 0.3 is 0 Å². The number of aromatic nitrogens is 3. The molecule has 126 valence electrons. The smallest absolute Gasteiger partial charge is 0.272 e. The Morgan fingerprint density at radius 2 is 2.17 bits per heavy atom. The van der Waals surface area contributed by atoms with E-state index in [0.29, 0.717) is 17.1 Å². The number of amides is 1. The lowest BCUT2D eigenvalue weighted by molar-refractivity contribution is 0.0930. The number of carbonyl (C=O) groups excluding carboxylic acids is 1. The van der Waals surface area contributed by atoms with Gasteiger partial charge in [-0.1, -0.05) is 6.92 Å². The van der Waals surface area contributed by atoms with E-state index in [1.54, 1.807) is 17.4 Å². The first-order valence-corrected chi connectivity index (χ1v) is 8.66. The first-order chi connectivity index (χ1) is 11.5. The SMILES string of the molecule is CC[C@H](NC(=O)c1cc(-c2ccc(C)o2)[nH]n1)c1nc(C)c(C)s1. The molecule has 0 aliphatic rings. The fraction of sp³-hybridized carbons (Fsp3) is 0.353. The summed E-state index contributed by atoms with van der Waals surface area (Å²) in [6, 6.07) is 5.30. The summed E-state index contributed by atoms with van der Waals surface area (Å²) in [5.74, 6) is 1.25. The van der Waals surface area contributed by atoms with Crippen LogP contribution in [0.15, 0.2) is 22.6 Å². The molecule has 6 nitrogen and oxygen atoms in total. The molecule has 3 aromatic rings. The molecule has 0 unspecified atom stereocenters. The second kappa shape index (κ2) is 6.60. The first kappa shape index (κ1) is 16.4. The molecule has 0 aliphatic heterocycles. The summed E-state index contributed by atoms with van der Waals surface area (Å²) in [6.45, 7) is 7.92. The predicted octanol–water partition coefficient (Wildman–Crippen LogP) is 3.93. The third-order valence-corrected chi connectivity index (χ3v) is 5.06. The second-order valence-corrected chi connectivity index (χ2v) is 6.94. The van der Waals surface area contributed by atoms with E-state index in [1.807, 2.05) is 39.8 Å². The fourth-order valence-corrected chi connectivity index (χ4v) is 3.42. The quantitative estimate of drug-likeness (QED) is 0.734. The lowest BCUT2D eigenvalue weighted by Gasteiger charge is -2.13. The Labute approximate surface area is 144 Å². The minimum atomic E-state index is -0.224. The van der Waals surface area contributed by atoms with E-state index in [2.05, 4.69) is 20.5 Å². The molecule has 0 spiro atoms. The summed E-state index contributed by atoms with van der Waals surface area (Å²) in [4.78, 5) is 18.2.